The van der Waals surface area contributed by atoms with Crippen LogP contribution in [-0.2, 0) is 4.79 Å². The van der Waals surface area contributed by atoms with E-state index in [1.807, 2.05) is 0 Å². The Morgan fingerprint density at radius 3 is 2.82 bits per heavy atom. The first-order chi connectivity index (χ1) is 10.6. The molecule has 0 amide bonds. The van der Waals surface area contributed by atoms with Gasteiger partial charge in [-0.05, 0) is 40.2 Å². The number of aldehydes is 1. The lowest BCUT2D eigenvalue weighted by Gasteiger charge is -2.15. The van der Waals surface area contributed by atoms with Gasteiger partial charge in [-0.15, -0.1) is 0 Å². The van der Waals surface area contributed by atoms with Crippen LogP contribution >= 0.6 is 27.5 Å². The molecular weight excluding hydrogens is 371 g/mol. The molecule has 1 aliphatic heterocycles. The fourth-order valence-corrected chi connectivity index (χ4v) is 2.95. The molecule has 22 heavy (non-hydrogen) atoms. The van der Waals surface area contributed by atoms with Gasteiger partial charge in [0.15, 0.2) is 0 Å². The maximum Gasteiger partial charge on any atom is 0.144 e. The minimum atomic E-state index is -0.472. The molecule has 112 valence electrons. The predicted molar refractivity (Wildman–Crippen MR) is 89.5 cm³/mol. The zero-order chi connectivity index (χ0) is 15.7. The average molecular weight is 382 g/mol. The monoisotopic (exact) mass is 380 g/mol. The number of fused-ring (bicyclic) bond motifs is 1. The van der Waals surface area contributed by atoms with Crippen LogP contribution in [0.3, 0.4) is 0 Å². The smallest absolute Gasteiger partial charge is 0.144 e. The van der Waals surface area contributed by atoms with E-state index in [1.165, 1.54) is 6.07 Å². The largest absolute Gasteiger partial charge is 0.373 e. The average Bonchev–Trinajstić information content (AvgIpc) is 2.71. The highest BCUT2D eigenvalue weighted by Gasteiger charge is 2.24. The molecule has 3 nitrogen and oxygen atoms in total. The summed E-state index contributed by atoms with van der Waals surface area (Å²) < 4.78 is 14.9. The summed E-state index contributed by atoms with van der Waals surface area (Å²) in [5, 5.41) is 3.52. The molecule has 1 atom stereocenters. The Morgan fingerprint density at radius 2 is 2.09 bits per heavy atom. The first-order valence-electron chi connectivity index (χ1n) is 6.61. The molecule has 3 rings (SSSR count). The molecule has 0 spiro atoms. The molecule has 6 heteroatoms. The van der Waals surface area contributed by atoms with Gasteiger partial charge >= 0.3 is 0 Å². The SMILES string of the molecule is O=CC1CN=C(c2ccccc2F)c2c(ccc(Br)c2Cl)N1. The number of aliphatic imine (C=N–C) groups is 1. The molecule has 0 aromatic heterocycles. The molecule has 0 saturated carbocycles. The molecule has 1 unspecified atom stereocenters. The number of nitrogens with zero attached hydrogens (tertiary/aromatic N) is 1. The molecular formula is C16H11BrClFN2O. The van der Waals surface area contributed by atoms with Crippen LogP contribution in [-0.4, -0.2) is 24.6 Å². The molecule has 2 aromatic rings. The first kappa shape index (κ1) is 15.2. The number of carbonyl (C=O) groups is 1. The van der Waals surface area contributed by atoms with Crippen molar-refractivity contribution >= 4 is 45.2 Å². The molecule has 0 radical (unpaired) electrons. The summed E-state index contributed by atoms with van der Waals surface area (Å²) in [4.78, 5) is 15.6. The van der Waals surface area contributed by atoms with Crippen molar-refractivity contribution in [1.82, 2.24) is 0 Å². The number of benzodiazepines with no additional fused rings is 1. The summed E-state index contributed by atoms with van der Waals surface area (Å²) in [5.74, 6) is -0.382. The van der Waals surface area contributed by atoms with Crippen molar-refractivity contribution in [2.75, 3.05) is 11.9 Å². The fourth-order valence-electron chi connectivity index (χ4n) is 2.37. The van der Waals surface area contributed by atoms with Crippen LogP contribution in [0.1, 0.15) is 11.1 Å². The van der Waals surface area contributed by atoms with Crippen molar-refractivity contribution in [3.05, 3.63) is 62.8 Å². The summed E-state index contributed by atoms with van der Waals surface area (Å²) in [6.45, 7) is 0.218. The van der Waals surface area contributed by atoms with Crippen molar-refractivity contribution in [3.63, 3.8) is 0 Å². The maximum atomic E-state index is 14.2. The Kier molecular flexibility index (Phi) is 4.27. The summed E-state index contributed by atoms with van der Waals surface area (Å²) in [7, 11) is 0. The number of benzene rings is 2. The van der Waals surface area contributed by atoms with E-state index in [0.29, 0.717) is 32.0 Å². The summed E-state index contributed by atoms with van der Waals surface area (Å²) >= 11 is 9.77. The van der Waals surface area contributed by atoms with Crippen molar-refractivity contribution in [3.8, 4) is 0 Å². The van der Waals surface area contributed by atoms with E-state index >= 15 is 0 Å². The van der Waals surface area contributed by atoms with E-state index in [1.54, 1.807) is 30.3 Å². The van der Waals surface area contributed by atoms with Crippen LogP contribution in [0.15, 0.2) is 45.9 Å². The number of hydrogen-bond acceptors (Lipinski definition) is 3. The molecule has 2 aromatic carbocycles. The lowest BCUT2D eigenvalue weighted by Crippen LogP contribution is -2.23. The second-order valence-corrected chi connectivity index (χ2v) is 6.07. The molecule has 0 fully saturated rings. The van der Waals surface area contributed by atoms with Crippen LogP contribution in [0.5, 0.6) is 0 Å². The van der Waals surface area contributed by atoms with Crippen LogP contribution < -0.4 is 5.32 Å². The number of nitrogens with one attached hydrogen (secondary N) is 1. The van der Waals surface area contributed by atoms with Gasteiger partial charge in [0.05, 0.1) is 17.3 Å². The molecule has 1 aliphatic rings. The van der Waals surface area contributed by atoms with Crippen molar-refractivity contribution in [2.45, 2.75) is 6.04 Å². The normalized spacial score (nSPS) is 17.0. The fraction of sp³-hybridized carbons (Fsp3) is 0.125. The van der Waals surface area contributed by atoms with E-state index < -0.39 is 6.04 Å². The van der Waals surface area contributed by atoms with Gasteiger partial charge in [-0.1, -0.05) is 23.7 Å². The highest BCUT2D eigenvalue weighted by Crippen LogP contribution is 2.35. The Bertz CT molecular complexity index is 779. The number of carbonyl (C=O) groups excluding carboxylic acids is 1. The zero-order valence-corrected chi connectivity index (χ0v) is 13.7. The van der Waals surface area contributed by atoms with Crippen LogP contribution in [0, 0.1) is 5.82 Å². The number of hydrogen-bond donors (Lipinski definition) is 1. The van der Waals surface area contributed by atoms with E-state index in [2.05, 4.69) is 26.2 Å². The van der Waals surface area contributed by atoms with Crippen molar-refractivity contribution in [2.24, 2.45) is 4.99 Å². The zero-order valence-electron chi connectivity index (χ0n) is 11.3. The molecule has 1 heterocycles. The first-order valence-corrected chi connectivity index (χ1v) is 7.78. The Balaban J connectivity index is 2.27. The van der Waals surface area contributed by atoms with E-state index in [0.717, 1.165) is 6.29 Å². The lowest BCUT2D eigenvalue weighted by atomic mass is 10.00. The molecule has 1 N–H and O–H groups in total. The van der Waals surface area contributed by atoms with Gasteiger partial charge in [-0.2, -0.15) is 0 Å². The minimum Gasteiger partial charge on any atom is -0.373 e. The van der Waals surface area contributed by atoms with Gasteiger partial charge in [0, 0.05) is 21.3 Å². The summed E-state index contributed by atoms with van der Waals surface area (Å²) in [6, 6.07) is 9.48. The quantitative estimate of drug-likeness (QED) is 0.797. The number of halogens is 3. The van der Waals surface area contributed by atoms with E-state index in [9.17, 15) is 9.18 Å². The van der Waals surface area contributed by atoms with Crippen molar-refractivity contribution < 1.29 is 9.18 Å². The van der Waals surface area contributed by atoms with Gasteiger partial charge in [0.1, 0.15) is 18.1 Å². The summed E-state index contributed by atoms with van der Waals surface area (Å²) in [6.07, 6.45) is 0.785. The maximum absolute atomic E-state index is 14.2. The third-order valence-corrected chi connectivity index (χ3v) is 4.69. The lowest BCUT2D eigenvalue weighted by molar-refractivity contribution is -0.108. The molecule has 0 aliphatic carbocycles. The molecule has 0 saturated heterocycles. The number of anilines is 1. The predicted octanol–water partition coefficient (Wildman–Crippen LogP) is 4.07. The van der Waals surface area contributed by atoms with Crippen molar-refractivity contribution in [1.29, 1.82) is 0 Å². The summed E-state index contributed by atoms with van der Waals surface area (Å²) in [5.41, 5.74) is 2.05. The van der Waals surface area contributed by atoms with Crippen LogP contribution in [0.4, 0.5) is 10.1 Å². The Morgan fingerprint density at radius 1 is 1.32 bits per heavy atom. The topological polar surface area (TPSA) is 41.5 Å². The third-order valence-electron chi connectivity index (χ3n) is 3.41. The highest BCUT2D eigenvalue weighted by molar-refractivity contribution is 9.10. The molecule has 0 bridgehead atoms. The van der Waals surface area contributed by atoms with Gasteiger partial charge < -0.3 is 10.1 Å². The van der Waals surface area contributed by atoms with Crippen LogP contribution in [0.2, 0.25) is 5.02 Å². The van der Waals surface area contributed by atoms with Crippen LogP contribution in [0.25, 0.3) is 0 Å². The standard InChI is InChI=1S/C16H11BrClFN2O/c17-11-5-6-13-14(15(11)18)16(20-7-9(8-22)21-13)10-3-1-2-4-12(10)19/h1-6,8-9,21H,7H2. The highest BCUT2D eigenvalue weighted by atomic mass is 79.9. The third kappa shape index (κ3) is 2.66. The van der Waals surface area contributed by atoms with E-state index in [-0.39, 0.29) is 12.4 Å². The second kappa shape index (κ2) is 6.18. The minimum absolute atomic E-state index is 0.218. The van der Waals surface area contributed by atoms with Gasteiger partial charge in [-0.3, -0.25) is 4.99 Å². The van der Waals surface area contributed by atoms with E-state index in [4.69, 9.17) is 11.6 Å². The van der Waals surface area contributed by atoms with Gasteiger partial charge in [-0.25, -0.2) is 4.39 Å². The van der Waals surface area contributed by atoms with Gasteiger partial charge in [0.25, 0.3) is 0 Å². The Labute approximate surface area is 140 Å². The second-order valence-electron chi connectivity index (χ2n) is 4.84. The van der Waals surface area contributed by atoms with Gasteiger partial charge in [0.2, 0.25) is 0 Å². The Hall–Kier alpha value is -1.72. The number of rotatable bonds is 2.